The average molecular weight is 277 g/mol. The Hall–Kier alpha value is -2.81. The zero-order valence-corrected chi connectivity index (χ0v) is 10.3. The van der Waals surface area contributed by atoms with E-state index in [4.69, 9.17) is 5.11 Å². The summed E-state index contributed by atoms with van der Waals surface area (Å²) in [7, 11) is 0. The van der Waals surface area contributed by atoms with Gasteiger partial charge in [0.1, 0.15) is 12.2 Å². The highest BCUT2D eigenvalue weighted by Crippen LogP contribution is 2.16. The van der Waals surface area contributed by atoms with E-state index < -0.39 is 10.8 Å². The second-order valence-electron chi connectivity index (χ2n) is 3.92. The smallest absolute Gasteiger partial charge is 0.271 e. The number of nitrogens with zero attached hydrogens (tertiary/aromatic N) is 4. The molecule has 0 fully saturated rings. The van der Waals surface area contributed by atoms with E-state index >= 15 is 0 Å². The monoisotopic (exact) mass is 277 g/mol. The molecular weight excluding hydrogens is 266 g/mol. The molecule has 9 heteroatoms. The third kappa shape index (κ3) is 3.36. The van der Waals surface area contributed by atoms with Gasteiger partial charge in [0.2, 0.25) is 5.91 Å². The van der Waals surface area contributed by atoms with E-state index in [9.17, 15) is 14.9 Å². The molecule has 0 atom stereocenters. The molecule has 2 rings (SSSR count). The second-order valence-corrected chi connectivity index (χ2v) is 3.92. The molecule has 0 spiro atoms. The summed E-state index contributed by atoms with van der Waals surface area (Å²) in [6, 6.07) is 5.62. The molecule has 1 amide bonds. The first-order valence-corrected chi connectivity index (χ1v) is 5.62. The summed E-state index contributed by atoms with van der Waals surface area (Å²) in [4.78, 5) is 21.8. The number of non-ortho nitro benzene ring substituents is 1. The average Bonchev–Trinajstić information content (AvgIpc) is 2.86. The van der Waals surface area contributed by atoms with Crippen LogP contribution in [0.2, 0.25) is 0 Å². The second kappa shape index (κ2) is 5.89. The quantitative estimate of drug-likeness (QED) is 0.599. The maximum Gasteiger partial charge on any atom is 0.271 e. The van der Waals surface area contributed by atoms with E-state index in [0.29, 0.717) is 11.4 Å². The fourth-order valence-corrected chi connectivity index (χ4v) is 1.53. The predicted molar refractivity (Wildman–Crippen MR) is 67.7 cm³/mol. The molecule has 2 aromatic rings. The number of hydrogen-bond donors (Lipinski definition) is 2. The Morgan fingerprint density at radius 3 is 2.95 bits per heavy atom. The topological polar surface area (TPSA) is 123 Å². The lowest BCUT2D eigenvalue weighted by atomic mass is 10.3. The van der Waals surface area contributed by atoms with Crippen molar-refractivity contribution in [2.24, 2.45) is 0 Å². The standard InChI is InChI=1S/C11H11N5O4/c17-7-9-5-15(14-13-9)6-11(18)12-8-2-1-3-10(4-8)16(19)20/h1-5,17H,6-7H2,(H,12,18). The molecule has 0 aliphatic carbocycles. The van der Waals surface area contributed by atoms with E-state index in [1.54, 1.807) is 6.07 Å². The molecule has 104 valence electrons. The molecule has 9 nitrogen and oxygen atoms in total. The van der Waals surface area contributed by atoms with Crippen molar-refractivity contribution < 1.29 is 14.8 Å². The van der Waals surface area contributed by atoms with Crippen LogP contribution in [0, 0.1) is 10.1 Å². The predicted octanol–water partition coefficient (Wildman–Crippen LogP) is 0.317. The minimum absolute atomic E-state index is 0.101. The normalized spacial score (nSPS) is 10.2. The van der Waals surface area contributed by atoms with Crippen LogP contribution < -0.4 is 5.32 Å². The highest BCUT2D eigenvalue weighted by Gasteiger charge is 2.09. The number of hydrogen-bond acceptors (Lipinski definition) is 6. The Kier molecular flexibility index (Phi) is 4.01. The number of carbonyl (C=O) groups excluding carboxylic acids is 1. The van der Waals surface area contributed by atoms with Gasteiger partial charge in [0.25, 0.3) is 5.69 Å². The van der Waals surface area contributed by atoms with E-state index in [0.717, 1.165) is 0 Å². The fourth-order valence-electron chi connectivity index (χ4n) is 1.53. The summed E-state index contributed by atoms with van der Waals surface area (Å²) < 4.78 is 1.26. The molecule has 0 bridgehead atoms. The maximum absolute atomic E-state index is 11.7. The van der Waals surface area contributed by atoms with Crippen LogP contribution in [0.1, 0.15) is 5.69 Å². The lowest BCUT2D eigenvalue weighted by molar-refractivity contribution is -0.384. The Bertz CT molecular complexity index is 639. The van der Waals surface area contributed by atoms with Gasteiger partial charge in [-0.05, 0) is 6.07 Å². The van der Waals surface area contributed by atoms with Gasteiger partial charge in [-0.3, -0.25) is 14.9 Å². The van der Waals surface area contributed by atoms with Gasteiger partial charge in [0.05, 0.1) is 17.7 Å². The molecule has 0 radical (unpaired) electrons. The number of benzene rings is 1. The highest BCUT2D eigenvalue weighted by molar-refractivity contribution is 5.90. The number of anilines is 1. The number of carbonyl (C=O) groups is 1. The van der Waals surface area contributed by atoms with Gasteiger partial charge in [-0.2, -0.15) is 0 Å². The van der Waals surface area contributed by atoms with Crippen LogP contribution in [0.3, 0.4) is 0 Å². The van der Waals surface area contributed by atoms with E-state index in [2.05, 4.69) is 15.6 Å². The van der Waals surface area contributed by atoms with Crippen molar-refractivity contribution in [3.63, 3.8) is 0 Å². The first-order valence-electron chi connectivity index (χ1n) is 5.62. The van der Waals surface area contributed by atoms with Gasteiger partial charge in [-0.1, -0.05) is 11.3 Å². The molecule has 0 aliphatic heterocycles. The van der Waals surface area contributed by atoms with E-state index in [-0.39, 0.29) is 18.8 Å². The molecule has 0 saturated heterocycles. The van der Waals surface area contributed by atoms with Gasteiger partial charge in [-0.15, -0.1) is 5.10 Å². The van der Waals surface area contributed by atoms with Crippen molar-refractivity contribution in [3.05, 3.63) is 46.3 Å². The molecule has 1 aromatic carbocycles. The minimum atomic E-state index is -0.541. The zero-order valence-electron chi connectivity index (χ0n) is 10.3. The number of aliphatic hydroxyl groups is 1. The van der Waals surface area contributed by atoms with E-state index in [1.165, 1.54) is 29.1 Å². The lowest BCUT2D eigenvalue weighted by Crippen LogP contribution is -2.19. The van der Waals surface area contributed by atoms with Crippen LogP contribution in [0.5, 0.6) is 0 Å². The van der Waals surface area contributed by atoms with Crippen LogP contribution in [-0.4, -0.2) is 30.9 Å². The first-order chi connectivity index (χ1) is 9.58. The van der Waals surface area contributed by atoms with Crippen molar-refractivity contribution in [2.45, 2.75) is 13.2 Å². The Balaban J connectivity index is 2.00. The maximum atomic E-state index is 11.7. The third-order valence-corrected chi connectivity index (χ3v) is 2.39. The summed E-state index contributed by atoms with van der Waals surface area (Å²) in [5.41, 5.74) is 0.575. The number of nitrogens with one attached hydrogen (secondary N) is 1. The van der Waals surface area contributed by atoms with Crippen molar-refractivity contribution in [1.29, 1.82) is 0 Å². The summed E-state index contributed by atoms with van der Waals surface area (Å²) in [5.74, 6) is -0.403. The number of amides is 1. The number of nitro groups is 1. The Labute approximate surface area is 113 Å². The van der Waals surface area contributed by atoms with Crippen LogP contribution in [0.4, 0.5) is 11.4 Å². The van der Waals surface area contributed by atoms with Crippen molar-refractivity contribution in [3.8, 4) is 0 Å². The molecule has 0 unspecified atom stereocenters. The van der Waals surface area contributed by atoms with Crippen LogP contribution in [0.25, 0.3) is 0 Å². The van der Waals surface area contributed by atoms with Gasteiger partial charge in [0, 0.05) is 17.8 Å². The summed E-state index contributed by atoms with van der Waals surface area (Å²) in [6.45, 7) is -0.359. The largest absolute Gasteiger partial charge is 0.390 e. The number of nitro benzene ring substituents is 1. The molecule has 20 heavy (non-hydrogen) atoms. The molecular formula is C11H11N5O4. The highest BCUT2D eigenvalue weighted by atomic mass is 16.6. The number of rotatable bonds is 5. The SMILES string of the molecule is O=C(Cn1cc(CO)nn1)Nc1cccc([N+](=O)[O-])c1. The van der Waals surface area contributed by atoms with Gasteiger partial charge >= 0.3 is 0 Å². The van der Waals surface area contributed by atoms with Crippen molar-refractivity contribution in [2.75, 3.05) is 5.32 Å². The van der Waals surface area contributed by atoms with Gasteiger partial charge < -0.3 is 10.4 Å². The first kappa shape index (κ1) is 13.6. The van der Waals surface area contributed by atoms with Crippen molar-refractivity contribution >= 4 is 17.3 Å². The molecule has 0 aliphatic rings. The number of aliphatic hydroxyl groups excluding tert-OH is 1. The number of aromatic nitrogens is 3. The molecule has 0 saturated carbocycles. The van der Waals surface area contributed by atoms with Crippen molar-refractivity contribution in [1.82, 2.24) is 15.0 Å². The van der Waals surface area contributed by atoms with E-state index in [1.807, 2.05) is 0 Å². The Morgan fingerprint density at radius 2 is 2.30 bits per heavy atom. The summed E-state index contributed by atoms with van der Waals surface area (Å²) >= 11 is 0. The fraction of sp³-hybridized carbons (Fsp3) is 0.182. The Morgan fingerprint density at radius 1 is 1.50 bits per heavy atom. The molecule has 1 heterocycles. The summed E-state index contributed by atoms with van der Waals surface area (Å²) in [5, 5.41) is 29.2. The summed E-state index contributed by atoms with van der Waals surface area (Å²) in [6.07, 6.45) is 1.44. The van der Waals surface area contributed by atoms with Gasteiger partial charge in [0.15, 0.2) is 0 Å². The van der Waals surface area contributed by atoms with Crippen LogP contribution >= 0.6 is 0 Å². The molecule has 1 aromatic heterocycles. The minimum Gasteiger partial charge on any atom is -0.390 e. The van der Waals surface area contributed by atoms with Crippen LogP contribution in [0.15, 0.2) is 30.5 Å². The van der Waals surface area contributed by atoms with Gasteiger partial charge in [-0.25, -0.2) is 4.68 Å². The van der Waals surface area contributed by atoms with Crippen LogP contribution in [-0.2, 0) is 17.9 Å². The zero-order chi connectivity index (χ0) is 14.5. The molecule has 2 N–H and O–H groups in total. The lowest BCUT2D eigenvalue weighted by Gasteiger charge is -2.04. The third-order valence-electron chi connectivity index (χ3n) is 2.39.